The third-order valence-electron chi connectivity index (χ3n) is 4.39. The number of aliphatic hydroxyl groups is 2. The van der Waals surface area contributed by atoms with E-state index in [-0.39, 0.29) is 30.6 Å². The molecular weight excluding hydrogens is 336 g/mol. The predicted molar refractivity (Wildman–Crippen MR) is 97.4 cm³/mol. The van der Waals surface area contributed by atoms with Crippen LogP contribution in [0.3, 0.4) is 0 Å². The highest BCUT2D eigenvalue weighted by atomic mass is 32.2. The van der Waals surface area contributed by atoms with Gasteiger partial charge in [-0.3, -0.25) is 9.78 Å². The van der Waals surface area contributed by atoms with Gasteiger partial charge >= 0.3 is 0 Å². The second-order valence-electron chi connectivity index (χ2n) is 6.19. The van der Waals surface area contributed by atoms with Gasteiger partial charge in [0.05, 0.1) is 24.4 Å². The molecule has 1 aromatic carbocycles. The molecule has 1 unspecified atom stereocenters. The van der Waals surface area contributed by atoms with Crippen LogP contribution in [0.15, 0.2) is 53.6 Å². The average Bonchev–Trinajstić information content (AvgIpc) is 2.63. The van der Waals surface area contributed by atoms with Crippen LogP contribution in [0, 0.1) is 5.92 Å². The van der Waals surface area contributed by atoms with Gasteiger partial charge in [-0.2, -0.15) is 0 Å². The molecular formula is C19H22N2O3S. The van der Waals surface area contributed by atoms with Crippen LogP contribution in [0.25, 0.3) is 0 Å². The van der Waals surface area contributed by atoms with Gasteiger partial charge in [-0.25, -0.2) is 0 Å². The Hall–Kier alpha value is -1.89. The number of hydrogen-bond acceptors (Lipinski definition) is 5. The van der Waals surface area contributed by atoms with Crippen molar-refractivity contribution in [3.8, 4) is 0 Å². The van der Waals surface area contributed by atoms with Crippen LogP contribution in [0.5, 0.6) is 0 Å². The van der Waals surface area contributed by atoms with Crippen molar-refractivity contribution in [3.63, 3.8) is 0 Å². The number of amides is 1. The largest absolute Gasteiger partial charge is 0.396 e. The van der Waals surface area contributed by atoms with Gasteiger partial charge in [0.1, 0.15) is 0 Å². The van der Waals surface area contributed by atoms with Crippen molar-refractivity contribution in [1.82, 2.24) is 10.3 Å². The second kappa shape index (κ2) is 8.47. The van der Waals surface area contributed by atoms with Crippen molar-refractivity contribution in [1.29, 1.82) is 0 Å². The van der Waals surface area contributed by atoms with Crippen LogP contribution in [0.1, 0.15) is 34.9 Å². The van der Waals surface area contributed by atoms with Gasteiger partial charge < -0.3 is 15.5 Å². The van der Waals surface area contributed by atoms with E-state index in [0.717, 1.165) is 10.6 Å². The standard InChI is InChI=1S/C19H22N2O3S/c22-9-10-25-16-6-4-13(5-7-16)19(24)21-18(14-11-15(23)12-14)17-3-1-2-8-20-17/h1-8,14-15,18,22-23H,9-12H2,(H,21,24). The maximum Gasteiger partial charge on any atom is 0.251 e. The molecule has 1 saturated carbocycles. The number of nitrogens with zero attached hydrogens (tertiary/aromatic N) is 1. The van der Waals surface area contributed by atoms with Gasteiger partial charge in [0.15, 0.2) is 0 Å². The van der Waals surface area contributed by atoms with Crippen LogP contribution >= 0.6 is 11.8 Å². The van der Waals surface area contributed by atoms with E-state index in [0.29, 0.717) is 24.2 Å². The number of carbonyl (C=O) groups is 1. The van der Waals surface area contributed by atoms with Gasteiger partial charge in [-0.15, -0.1) is 11.8 Å². The Morgan fingerprint density at radius 3 is 2.60 bits per heavy atom. The van der Waals surface area contributed by atoms with E-state index in [4.69, 9.17) is 5.11 Å². The lowest BCUT2D eigenvalue weighted by atomic mass is 9.76. The first-order valence-electron chi connectivity index (χ1n) is 8.41. The van der Waals surface area contributed by atoms with Crippen molar-refractivity contribution in [3.05, 3.63) is 59.9 Å². The first kappa shape index (κ1) is 17.9. The first-order valence-corrected chi connectivity index (χ1v) is 9.39. The molecule has 0 spiro atoms. The topological polar surface area (TPSA) is 82.5 Å². The Balaban J connectivity index is 1.69. The quantitative estimate of drug-likeness (QED) is 0.662. The lowest BCUT2D eigenvalue weighted by molar-refractivity contribution is 0.0228. The molecule has 25 heavy (non-hydrogen) atoms. The number of pyridine rings is 1. The maximum atomic E-state index is 12.6. The number of rotatable bonds is 7. The Morgan fingerprint density at radius 2 is 2.00 bits per heavy atom. The monoisotopic (exact) mass is 358 g/mol. The molecule has 0 saturated heterocycles. The summed E-state index contributed by atoms with van der Waals surface area (Å²) in [6.07, 6.45) is 2.80. The number of benzene rings is 1. The summed E-state index contributed by atoms with van der Waals surface area (Å²) < 4.78 is 0. The number of carbonyl (C=O) groups excluding carboxylic acids is 1. The minimum atomic E-state index is -0.282. The summed E-state index contributed by atoms with van der Waals surface area (Å²) in [5.41, 5.74) is 1.41. The van der Waals surface area contributed by atoms with Crippen molar-refractivity contribution < 1.29 is 15.0 Å². The van der Waals surface area contributed by atoms with Crippen molar-refractivity contribution in [2.75, 3.05) is 12.4 Å². The number of aromatic nitrogens is 1. The van der Waals surface area contributed by atoms with Gasteiger partial charge in [-0.1, -0.05) is 6.07 Å². The van der Waals surface area contributed by atoms with Crippen LogP contribution in [0.4, 0.5) is 0 Å². The highest BCUT2D eigenvalue weighted by molar-refractivity contribution is 7.99. The highest BCUT2D eigenvalue weighted by Crippen LogP contribution is 2.37. The van der Waals surface area contributed by atoms with Gasteiger partial charge in [0.25, 0.3) is 5.91 Å². The molecule has 5 nitrogen and oxygen atoms in total. The Morgan fingerprint density at radius 1 is 1.24 bits per heavy atom. The Labute approximate surface area is 151 Å². The fourth-order valence-electron chi connectivity index (χ4n) is 2.99. The molecule has 6 heteroatoms. The molecule has 1 aliphatic carbocycles. The molecule has 1 amide bonds. The van der Waals surface area contributed by atoms with Crippen molar-refractivity contribution >= 4 is 17.7 Å². The molecule has 3 rings (SSSR count). The summed E-state index contributed by atoms with van der Waals surface area (Å²) in [5, 5.41) is 21.6. The lowest BCUT2D eigenvalue weighted by Gasteiger charge is -2.37. The van der Waals surface area contributed by atoms with Gasteiger partial charge in [0.2, 0.25) is 0 Å². The fourth-order valence-corrected chi connectivity index (χ4v) is 3.64. The molecule has 1 aromatic heterocycles. The van der Waals surface area contributed by atoms with E-state index < -0.39 is 0 Å². The summed E-state index contributed by atoms with van der Waals surface area (Å²) in [5.74, 6) is 0.695. The van der Waals surface area contributed by atoms with Gasteiger partial charge in [-0.05, 0) is 55.2 Å². The summed E-state index contributed by atoms with van der Waals surface area (Å²) in [6, 6.07) is 12.8. The van der Waals surface area contributed by atoms with Gasteiger partial charge in [0, 0.05) is 22.4 Å². The Kier molecular flexibility index (Phi) is 6.07. The lowest BCUT2D eigenvalue weighted by Crippen LogP contribution is -2.41. The third kappa shape index (κ3) is 4.60. The maximum absolute atomic E-state index is 12.6. The van der Waals surface area contributed by atoms with E-state index in [1.807, 2.05) is 30.3 Å². The molecule has 2 aromatic rings. The average molecular weight is 358 g/mol. The fraction of sp³-hybridized carbons (Fsp3) is 0.368. The Bertz CT molecular complexity index is 688. The molecule has 1 heterocycles. The number of hydrogen-bond donors (Lipinski definition) is 3. The zero-order valence-electron chi connectivity index (χ0n) is 13.8. The molecule has 0 radical (unpaired) electrons. The van der Waals surface area contributed by atoms with Crippen LogP contribution in [0.2, 0.25) is 0 Å². The van der Waals surface area contributed by atoms with Crippen molar-refractivity contribution in [2.24, 2.45) is 5.92 Å². The number of aliphatic hydroxyl groups excluding tert-OH is 2. The SMILES string of the molecule is O=C(NC(c1ccccn1)C1CC(O)C1)c1ccc(SCCO)cc1. The summed E-state index contributed by atoms with van der Waals surface area (Å²) in [7, 11) is 0. The normalized spacial score (nSPS) is 20.6. The molecule has 1 fully saturated rings. The molecule has 3 N–H and O–H groups in total. The summed E-state index contributed by atoms with van der Waals surface area (Å²) >= 11 is 1.55. The summed E-state index contributed by atoms with van der Waals surface area (Å²) in [4.78, 5) is 18.0. The predicted octanol–water partition coefficient (Wildman–Crippen LogP) is 2.41. The minimum Gasteiger partial charge on any atom is -0.396 e. The van der Waals surface area contributed by atoms with E-state index in [2.05, 4.69) is 10.3 Å². The van der Waals surface area contributed by atoms with Crippen LogP contribution < -0.4 is 5.32 Å². The highest BCUT2D eigenvalue weighted by Gasteiger charge is 2.36. The second-order valence-corrected chi connectivity index (χ2v) is 7.36. The smallest absolute Gasteiger partial charge is 0.251 e. The zero-order valence-corrected chi connectivity index (χ0v) is 14.7. The van der Waals surface area contributed by atoms with E-state index >= 15 is 0 Å². The number of nitrogens with one attached hydrogen (secondary N) is 1. The molecule has 132 valence electrons. The molecule has 1 aliphatic rings. The molecule has 1 atom stereocenters. The van der Waals surface area contributed by atoms with E-state index in [1.54, 1.807) is 30.1 Å². The summed E-state index contributed by atoms with van der Waals surface area (Å²) in [6.45, 7) is 0.131. The first-order chi connectivity index (χ1) is 12.2. The van der Waals surface area contributed by atoms with Crippen LogP contribution in [-0.4, -0.2) is 39.6 Å². The molecule has 0 aliphatic heterocycles. The third-order valence-corrected chi connectivity index (χ3v) is 5.38. The van der Waals surface area contributed by atoms with E-state index in [1.165, 1.54) is 0 Å². The van der Waals surface area contributed by atoms with Crippen LogP contribution in [-0.2, 0) is 0 Å². The molecule has 0 bridgehead atoms. The number of thioether (sulfide) groups is 1. The zero-order chi connectivity index (χ0) is 17.6. The minimum absolute atomic E-state index is 0.131. The van der Waals surface area contributed by atoms with E-state index in [9.17, 15) is 9.90 Å². The van der Waals surface area contributed by atoms with Crippen molar-refractivity contribution in [2.45, 2.75) is 29.9 Å².